The fourth-order valence-electron chi connectivity index (χ4n) is 1.95. The Labute approximate surface area is 153 Å². The molecule has 7 nitrogen and oxygen atoms in total. The molecule has 0 aliphatic rings. The number of amides is 2. The van der Waals surface area contributed by atoms with Crippen molar-refractivity contribution in [1.82, 2.24) is 4.98 Å². The van der Waals surface area contributed by atoms with Crippen molar-refractivity contribution in [3.05, 3.63) is 35.5 Å². The van der Waals surface area contributed by atoms with Crippen LogP contribution in [0, 0.1) is 0 Å². The average molecular weight is 400 g/mol. The highest BCUT2D eigenvalue weighted by Gasteiger charge is 2.22. The molecular weight excluding hydrogens is 382 g/mol. The standard InChI is InChI=1S/C15H17N3O4S3/c1-3-8-23-15-17-11(12(16)19)14(24-15)18-13(20)9-6-4-5-7-10(9)25(2,21)22/h4-7H,3,8H2,1-2H3,(H2,16,19)(H,18,20). The van der Waals surface area contributed by atoms with Gasteiger partial charge in [0, 0.05) is 12.0 Å². The molecule has 134 valence electrons. The van der Waals surface area contributed by atoms with Crippen molar-refractivity contribution >= 4 is 49.8 Å². The predicted octanol–water partition coefficient (Wildman–Crippen LogP) is 2.40. The smallest absolute Gasteiger partial charge is 0.270 e. The number of nitrogens with zero attached hydrogens (tertiary/aromatic N) is 1. The van der Waals surface area contributed by atoms with E-state index in [9.17, 15) is 18.0 Å². The van der Waals surface area contributed by atoms with E-state index in [4.69, 9.17) is 5.73 Å². The van der Waals surface area contributed by atoms with Crippen LogP contribution in [0.15, 0.2) is 33.5 Å². The molecule has 25 heavy (non-hydrogen) atoms. The normalized spacial score (nSPS) is 11.3. The number of carbonyl (C=O) groups is 2. The number of hydrogen-bond donors (Lipinski definition) is 2. The minimum atomic E-state index is -3.57. The third-order valence-corrected chi connectivity index (χ3v) is 6.50. The number of rotatable bonds is 7. The van der Waals surface area contributed by atoms with Gasteiger partial charge in [-0.3, -0.25) is 9.59 Å². The molecule has 1 aromatic heterocycles. The molecule has 2 aromatic rings. The van der Waals surface area contributed by atoms with Crippen molar-refractivity contribution in [2.75, 3.05) is 17.3 Å². The average Bonchev–Trinajstić information content (AvgIpc) is 2.95. The molecule has 0 aliphatic carbocycles. The summed E-state index contributed by atoms with van der Waals surface area (Å²) in [6.07, 6.45) is 1.96. The van der Waals surface area contributed by atoms with Gasteiger partial charge in [-0.05, 0) is 18.6 Å². The quantitative estimate of drug-likeness (QED) is 0.690. The summed E-state index contributed by atoms with van der Waals surface area (Å²) in [6.45, 7) is 2.01. The van der Waals surface area contributed by atoms with Gasteiger partial charge in [0.05, 0.1) is 10.5 Å². The van der Waals surface area contributed by atoms with Crippen LogP contribution < -0.4 is 11.1 Å². The van der Waals surface area contributed by atoms with E-state index in [0.29, 0.717) is 4.34 Å². The summed E-state index contributed by atoms with van der Waals surface area (Å²) < 4.78 is 24.3. The number of primary amides is 1. The second kappa shape index (κ2) is 7.98. The van der Waals surface area contributed by atoms with E-state index in [1.165, 1.54) is 30.0 Å². The number of thioether (sulfide) groups is 1. The minimum absolute atomic E-state index is 0.00317. The van der Waals surface area contributed by atoms with E-state index in [1.807, 2.05) is 6.92 Å². The number of thiazole rings is 1. The van der Waals surface area contributed by atoms with Gasteiger partial charge in [0.15, 0.2) is 19.9 Å². The molecule has 0 saturated carbocycles. The molecule has 0 aliphatic heterocycles. The fraction of sp³-hybridized carbons (Fsp3) is 0.267. The van der Waals surface area contributed by atoms with E-state index in [-0.39, 0.29) is 21.2 Å². The summed E-state index contributed by atoms with van der Waals surface area (Å²) in [4.78, 5) is 28.1. The first-order valence-corrected chi connectivity index (χ1v) is 11.0. The molecule has 2 rings (SSSR count). The highest BCUT2D eigenvalue weighted by atomic mass is 32.2. The second-order valence-corrected chi connectivity index (χ2v) is 9.42. The lowest BCUT2D eigenvalue weighted by Gasteiger charge is -2.08. The van der Waals surface area contributed by atoms with E-state index >= 15 is 0 Å². The molecule has 0 spiro atoms. The molecule has 10 heteroatoms. The molecule has 0 atom stereocenters. The van der Waals surface area contributed by atoms with Crippen molar-refractivity contribution in [2.45, 2.75) is 22.6 Å². The number of nitrogens with two attached hydrogens (primary N) is 1. The molecule has 3 N–H and O–H groups in total. The highest BCUT2D eigenvalue weighted by molar-refractivity contribution is 8.01. The summed E-state index contributed by atoms with van der Waals surface area (Å²) in [5.41, 5.74) is 5.28. The van der Waals surface area contributed by atoms with Crippen LogP contribution >= 0.6 is 23.1 Å². The van der Waals surface area contributed by atoms with E-state index < -0.39 is 21.7 Å². The monoisotopic (exact) mass is 399 g/mol. The van der Waals surface area contributed by atoms with E-state index in [0.717, 1.165) is 29.8 Å². The zero-order valence-electron chi connectivity index (χ0n) is 13.6. The minimum Gasteiger partial charge on any atom is -0.364 e. The number of nitrogens with one attached hydrogen (secondary N) is 1. The van der Waals surface area contributed by atoms with Crippen LogP contribution in [0.2, 0.25) is 0 Å². The van der Waals surface area contributed by atoms with Gasteiger partial charge < -0.3 is 11.1 Å². The van der Waals surface area contributed by atoms with Crippen molar-refractivity contribution in [3.8, 4) is 0 Å². The fourth-order valence-corrected chi connectivity index (χ4v) is 4.81. The van der Waals surface area contributed by atoms with E-state index in [1.54, 1.807) is 6.07 Å². The van der Waals surface area contributed by atoms with E-state index in [2.05, 4.69) is 10.3 Å². The zero-order chi connectivity index (χ0) is 18.6. The van der Waals surface area contributed by atoms with Crippen molar-refractivity contribution in [1.29, 1.82) is 0 Å². The molecule has 0 radical (unpaired) electrons. The number of hydrogen-bond acceptors (Lipinski definition) is 7. The number of carbonyl (C=O) groups excluding carboxylic acids is 2. The molecule has 1 heterocycles. The second-order valence-electron chi connectivity index (χ2n) is 5.09. The molecule has 1 aromatic carbocycles. The number of benzene rings is 1. The predicted molar refractivity (Wildman–Crippen MR) is 99.2 cm³/mol. The first kappa shape index (κ1) is 19.4. The highest BCUT2D eigenvalue weighted by Crippen LogP contribution is 2.32. The zero-order valence-corrected chi connectivity index (χ0v) is 16.1. The van der Waals surface area contributed by atoms with Gasteiger partial charge in [-0.2, -0.15) is 0 Å². The van der Waals surface area contributed by atoms with Crippen molar-refractivity contribution in [3.63, 3.8) is 0 Å². The Morgan fingerprint density at radius 1 is 1.32 bits per heavy atom. The van der Waals surface area contributed by atoms with Crippen LogP contribution in [0.1, 0.15) is 34.2 Å². The van der Waals surface area contributed by atoms with Gasteiger partial charge in [0.2, 0.25) is 0 Å². The first-order valence-electron chi connectivity index (χ1n) is 7.28. The Bertz CT molecular complexity index is 906. The Balaban J connectivity index is 2.35. The van der Waals surface area contributed by atoms with Gasteiger partial charge in [0.25, 0.3) is 11.8 Å². The SMILES string of the molecule is CCCSc1nc(C(N)=O)c(NC(=O)c2ccccc2S(C)(=O)=O)s1. The van der Waals surface area contributed by atoms with Gasteiger partial charge >= 0.3 is 0 Å². The topological polar surface area (TPSA) is 119 Å². The maximum Gasteiger partial charge on any atom is 0.270 e. The van der Waals surface area contributed by atoms with Crippen LogP contribution in [0.5, 0.6) is 0 Å². The largest absolute Gasteiger partial charge is 0.364 e. The third-order valence-electron chi connectivity index (χ3n) is 3.03. The lowest BCUT2D eigenvalue weighted by molar-refractivity contribution is 0.0996. The van der Waals surface area contributed by atoms with Gasteiger partial charge in [0.1, 0.15) is 5.00 Å². The van der Waals surface area contributed by atoms with Crippen molar-refractivity contribution in [2.24, 2.45) is 5.73 Å². The lowest BCUT2D eigenvalue weighted by atomic mass is 10.2. The number of sulfone groups is 1. The molecule has 0 saturated heterocycles. The van der Waals surface area contributed by atoms with Crippen LogP contribution in [-0.2, 0) is 9.84 Å². The number of aromatic nitrogens is 1. The molecule has 0 unspecified atom stereocenters. The molecular formula is C15H17N3O4S3. The summed E-state index contributed by atoms with van der Waals surface area (Å²) in [6, 6.07) is 5.86. The summed E-state index contributed by atoms with van der Waals surface area (Å²) >= 11 is 2.59. The molecule has 0 bridgehead atoms. The summed E-state index contributed by atoms with van der Waals surface area (Å²) in [5, 5.41) is 2.76. The van der Waals surface area contributed by atoms with Gasteiger partial charge in [-0.15, -0.1) is 0 Å². The maximum atomic E-state index is 12.5. The van der Waals surface area contributed by atoms with Crippen molar-refractivity contribution < 1.29 is 18.0 Å². The lowest BCUT2D eigenvalue weighted by Crippen LogP contribution is -2.19. The maximum absolute atomic E-state index is 12.5. The summed E-state index contributed by atoms with van der Waals surface area (Å²) in [5.74, 6) is -0.582. The van der Waals surface area contributed by atoms with Crippen LogP contribution in [0.25, 0.3) is 0 Å². The van der Waals surface area contributed by atoms with Gasteiger partial charge in [-0.25, -0.2) is 13.4 Å². The Morgan fingerprint density at radius 3 is 2.60 bits per heavy atom. The third kappa shape index (κ3) is 4.80. The summed E-state index contributed by atoms with van der Waals surface area (Å²) in [7, 11) is -3.57. The first-order chi connectivity index (χ1) is 11.7. The number of anilines is 1. The Hall–Kier alpha value is -1.91. The van der Waals surface area contributed by atoms with Crippen LogP contribution in [0.4, 0.5) is 5.00 Å². The Morgan fingerprint density at radius 2 is 2.00 bits per heavy atom. The molecule has 0 fully saturated rings. The van der Waals surface area contributed by atoms with Crippen LogP contribution in [-0.4, -0.2) is 37.2 Å². The van der Waals surface area contributed by atoms with Crippen LogP contribution in [0.3, 0.4) is 0 Å². The molecule has 2 amide bonds. The van der Waals surface area contributed by atoms with Gasteiger partial charge in [-0.1, -0.05) is 42.2 Å². The Kier molecular flexibility index (Phi) is 6.20.